The number of ether oxygens (including phenoxy) is 2. The van der Waals surface area contributed by atoms with Gasteiger partial charge >= 0.3 is 6.18 Å². The SMILES string of the molecule is OCc1ccc(OCC2CCOCC2)c(C(F)(F)F)c1. The molecule has 0 atom stereocenters. The van der Waals surface area contributed by atoms with Gasteiger partial charge in [-0.25, -0.2) is 0 Å². The zero-order chi connectivity index (χ0) is 14.6. The lowest BCUT2D eigenvalue weighted by Crippen LogP contribution is -2.22. The molecule has 1 heterocycles. The summed E-state index contributed by atoms with van der Waals surface area (Å²) in [7, 11) is 0. The Balaban J connectivity index is 2.09. The van der Waals surface area contributed by atoms with E-state index in [0.717, 1.165) is 18.9 Å². The normalized spacial score (nSPS) is 17.2. The van der Waals surface area contributed by atoms with Crippen LogP contribution in [0.15, 0.2) is 18.2 Å². The van der Waals surface area contributed by atoms with E-state index < -0.39 is 18.3 Å². The van der Waals surface area contributed by atoms with E-state index in [1.165, 1.54) is 12.1 Å². The molecular weight excluding hydrogens is 273 g/mol. The van der Waals surface area contributed by atoms with Crippen LogP contribution in [0.2, 0.25) is 0 Å². The summed E-state index contributed by atoms with van der Waals surface area (Å²) in [5.74, 6) is 0.0449. The van der Waals surface area contributed by atoms with E-state index in [0.29, 0.717) is 13.2 Å². The second-order valence-corrected chi connectivity index (χ2v) is 4.85. The molecule has 3 nitrogen and oxygen atoms in total. The molecule has 1 aliphatic rings. The van der Waals surface area contributed by atoms with E-state index in [-0.39, 0.29) is 23.8 Å². The summed E-state index contributed by atoms with van der Waals surface area (Å²) in [6, 6.07) is 3.64. The highest BCUT2D eigenvalue weighted by atomic mass is 19.4. The lowest BCUT2D eigenvalue weighted by Gasteiger charge is -2.23. The lowest BCUT2D eigenvalue weighted by molar-refractivity contribution is -0.139. The van der Waals surface area contributed by atoms with Crippen LogP contribution in [-0.2, 0) is 17.5 Å². The highest BCUT2D eigenvalue weighted by molar-refractivity contribution is 5.39. The number of alkyl halides is 3. The molecule has 0 aromatic heterocycles. The van der Waals surface area contributed by atoms with Crippen LogP contribution in [0, 0.1) is 5.92 Å². The molecule has 0 saturated carbocycles. The van der Waals surface area contributed by atoms with E-state index in [1.54, 1.807) is 0 Å². The molecule has 0 amide bonds. The van der Waals surface area contributed by atoms with Crippen molar-refractivity contribution in [2.75, 3.05) is 19.8 Å². The molecule has 6 heteroatoms. The molecule has 1 aromatic rings. The van der Waals surface area contributed by atoms with Crippen molar-refractivity contribution in [2.45, 2.75) is 25.6 Å². The van der Waals surface area contributed by atoms with Gasteiger partial charge in [0.1, 0.15) is 5.75 Å². The molecule has 1 saturated heterocycles. The maximum atomic E-state index is 12.9. The Labute approximate surface area is 115 Å². The van der Waals surface area contributed by atoms with Gasteiger partial charge in [0.05, 0.1) is 18.8 Å². The fourth-order valence-electron chi connectivity index (χ4n) is 2.14. The Bertz CT molecular complexity index is 440. The average Bonchev–Trinajstić information content (AvgIpc) is 2.45. The molecule has 1 aliphatic heterocycles. The zero-order valence-corrected chi connectivity index (χ0v) is 10.9. The number of halogens is 3. The Kier molecular flexibility index (Phi) is 4.88. The van der Waals surface area contributed by atoms with Crippen LogP contribution in [0.4, 0.5) is 13.2 Å². The minimum Gasteiger partial charge on any atom is -0.493 e. The zero-order valence-electron chi connectivity index (χ0n) is 10.9. The second kappa shape index (κ2) is 6.45. The first-order valence-corrected chi connectivity index (χ1v) is 6.52. The maximum absolute atomic E-state index is 12.9. The van der Waals surface area contributed by atoms with Crippen molar-refractivity contribution in [1.82, 2.24) is 0 Å². The number of aliphatic hydroxyl groups is 1. The summed E-state index contributed by atoms with van der Waals surface area (Å²) < 4.78 is 49.4. The molecule has 1 aromatic carbocycles. The van der Waals surface area contributed by atoms with Gasteiger partial charge in [0.2, 0.25) is 0 Å². The summed E-state index contributed by atoms with van der Waals surface area (Å²) in [5, 5.41) is 8.93. The highest BCUT2D eigenvalue weighted by Gasteiger charge is 2.34. The van der Waals surface area contributed by atoms with Crippen LogP contribution in [0.1, 0.15) is 24.0 Å². The summed E-state index contributed by atoms with van der Waals surface area (Å²) in [6.45, 7) is 1.08. The van der Waals surface area contributed by atoms with Gasteiger partial charge in [0.15, 0.2) is 0 Å². The van der Waals surface area contributed by atoms with Crippen molar-refractivity contribution < 1.29 is 27.8 Å². The van der Waals surface area contributed by atoms with Crippen molar-refractivity contribution in [1.29, 1.82) is 0 Å². The summed E-state index contributed by atoms with van der Waals surface area (Å²) in [6.07, 6.45) is -2.89. The molecule has 0 aliphatic carbocycles. The quantitative estimate of drug-likeness (QED) is 0.926. The first kappa shape index (κ1) is 15.1. The van der Waals surface area contributed by atoms with Crippen LogP contribution in [-0.4, -0.2) is 24.9 Å². The van der Waals surface area contributed by atoms with Crippen molar-refractivity contribution in [3.05, 3.63) is 29.3 Å². The molecule has 0 radical (unpaired) electrons. The highest BCUT2D eigenvalue weighted by Crippen LogP contribution is 2.37. The van der Waals surface area contributed by atoms with Gasteiger partial charge in [-0.3, -0.25) is 0 Å². The van der Waals surface area contributed by atoms with Gasteiger partial charge < -0.3 is 14.6 Å². The predicted molar refractivity (Wildman–Crippen MR) is 66.4 cm³/mol. The molecule has 0 bridgehead atoms. The molecule has 0 unspecified atom stereocenters. The molecular formula is C14H17F3O3. The van der Waals surface area contributed by atoms with E-state index >= 15 is 0 Å². The Morgan fingerprint density at radius 1 is 1.25 bits per heavy atom. The summed E-state index contributed by atoms with van der Waals surface area (Å²) >= 11 is 0. The van der Waals surface area contributed by atoms with Crippen LogP contribution in [0.5, 0.6) is 5.75 Å². The number of hydrogen-bond donors (Lipinski definition) is 1. The molecule has 20 heavy (non-hydrogen) atoms. The second-order valence-electron chi connectivity index (χ2n) is 4.85. The van der Waals surface area contributed by atoms with Gasteiger partial charge in [0, 0.05) is 13.2 Å². The lowest BCUT2D eigenvalue weighted by atomic mass is 10.0. The Morgan fingerprint density at radius 2 is 1.95 bits per heavy atom. The van der Waals surface area contributed by atoms with Crippen molar-refractivity contribution in [3.63, 3.8) is 0 Å². The van der Waals surface area contributed by atoms with E-state index in [9.17, 15) is 13.2 Å². The van der Waals surface area contributed by atoms with Crippen LogP contribution in [0.3, 0.4) is 0 Å². The standard InChI is InChI=1S/C14H17F3O3/c15-14(16,17)12-7-11(8-18)1-2-13(12)20-9-10-3-5-19-6-4-10/h1-2,7,10,18H,3-6,8-9H2. The smallest absolute Gasteiger partial charge is 0.419 e. The Hall–Kier alpha value is -1.27. The minimum atomic E-state index is -4.49. The third kappa shape index (κ3) is 3.86. The fraction of sp³-hybridized carbons (Fsp3) is 0.571. The summed E-state index contributed by atoms with van der Waals surface area (Å²) in [4.78, 5) is 0. The predicted octanol–water partition coefficient (Wildman–Crippen LogP) is 3.00. The van der Waals surface area contributed by atoms with E-state index in [4.69, 9.17) is 14.6 Å². The van der Waals surface area contributed by atoms with Crippen molar-refractivity contribution in [2.24, 2.45) is 5.92 Å². The molecule has 0 spiro atoms. The largest absolute Gasteiger partial charge is 0.493 e. The number of benzene rings is 1. The first-order chi connectivity index (χ1) is 9.50. The van der Waals surface area contributed by atoms with Gasteiger partial charge in [0.25, 0.3) is 0 Å². The molecule has 112 valence electrons. The third-order valence-corrected chi connectivity index (χ3v) is 3.35. The fourth-order valence-corrected chi connectivity index (χ4v) is 2.14. The monoisotopic (exact) mass is 290 g/mol. The third-order valence-electron chi connectivity index (χ3n) is 3.35. The van der Waals surface area contributed by atoms with E-state index in [1.807, 2.05) is 0 Å². The molecule has 1 N–H and O–H groups in total. The van der Waals surface area contributed by atoms with Gasteiger partial charge in [-0.05, 0) is 36.5 Å². The van der Waals surface area contributed by atoms with Gasteiger partial charge in [-0.15, -0.1) is 0 Å². The molecule has 1 fully saturated rings. The van der Waals surface area contributed by atoms with Gasteiger partial charge in [-0.1, -0.05) is 6.07 Å². The topological polar surface area (TPSA) is 38.7 Å². The minimum absolute atomic E-state index is 0.179. The molecule has 2 rings (SSSR count). The Morgan fingerprint density at radius 3 is 2.55 bits per heavy atom. The van der Waals surface area contributed by atoms with Crippen molar-refractivity contribution >= 4 is 0 Å². The maximum Gasteiger partial charge on any atom is 0.419 e. The number of rotatable bonds is 4. The van der Waals surface area contributed by atoms with Crippen LogP contribution >= 0.6 is 0 Å². The van der Waals surface area contributed by atoms with E-state index in [2.05, 4.69) is 0 Å². The van der Waals surface area contributed by atoms with Crippen LogP contribution < -0.4 is 4.74 Å². The summed E-state index contributed by atoms with van der Waals surface area (Å²) in [5.41, 5.74) is -0.619. The average molecular weight is 290 g/mol. The van der Waals surface area contributed by atoms with Crippen LogP contribution in [0.25, 0.3) is 0 Å². The number of hydrogen-bond acceptors (Lipinski definition) is 3. The van der Waals surface area contributed by atoms with Crippen molar-refractivity contribution in [3.8, 4) is 5.75 Å². The number of aliphatic hydroxyl groups excluding tert-OH is 1. The van der Waals surface area contributed by atoms with Gasteiger partial charge in [-0.2, -0.15) is 13.2 Å². The first-order valence-electron chi connectivity index (χ1n) is 6.52.